The van der Waals surface area contributed by atoms with E-state index >= 15 is 0 Å². The number of fused-ring (bicyclic) bond motifs is 2. The maximum absolute atomic E-state index is 2.59. The third-order valence-corrected chi connectivity index (χ3v) is 8.81. The van der Waals surface area contributed by atoms with Crippen molar-refractivity contribution in [3.05, 3.63) is 77.4 Å². The van der Waals surface area contributed by atoms with Gasteiger partial charge in [0.25, 0.3) is 0 Å². The number of hydrogen-bond acceptors (Lipinski definition) is 0. The molecular formula is C30H30Zr. The molecule has 1 heteroatoms. The minimum absolute atomic E-state index is 0. The van der Waals surface area contributed by atoms with Crippen LogP contribution in [-0.2, 0) is 32.6 Å². The van der Waals surface area contributed by atoms with Crippen LogP contribution in [0.4, 0.5) is 0 Å². The second-order valence-corrected chi connectivity index (χ2v) is 11.0. The molecule has 0 aliphatic heterocycles. The van der Waals surface area contributed by atoms with Crippen LogP contribution in [0.1, 0.15) is 56.1 Å². The fraction of sp³-hybridized carbons (Fsp3) is 0.400. The molecule has 0 unspecified atom stereocenters. The molecule has 5 aliphatic rings. The van der Waals surface area contributed by atoms with Crippen molar-refractivity contribution in [2.24, 2.45) is 23.2 Å². The summed E-state index contributed by atoms with van der Waals surface area (Å²) < 4.78 is 0. The van der Waals surface area contributed by atoms with E-state index in [-0.39, 0.29) is 26.2 Å². The number of benzene rings is 3. The van der Waals surface area contributed by atoms with Gasteiger partial charge in [-0.25, -0.2) is 0 Å². The molecule has 31 heavy (non-hydrogen) atoms. The van der Waals surface area contributed by atoms with E-state index in [1.807, 2.05) is 0 Å². The summed E-state index contributed by atoms with van der Waals surface area (Å²) in [5, 5.41) is 2.71. The molecule has 0 N–H and O–H groups in total. The molecule has 0 saturated heterocycles. The monoisotopic (exact) mass is 480 g/mol. The first-order valence-electron chi connectivity index (χ1n) is 12.0. The maximum Gasteiger partial charge on any atom is 0 e. The van der Waals surface area contributed by atoms with E-state index < -0.39 is 0 Å². The summed E-state index contributed by atoms with van der Waals surface area (Å²) in [4.78, 5) is 0. The Morgan fingerprint density at radius 3 is 2.13 bits per heavy atom. The van der Waals surface area contributed by atoms with Gasteiger partial charge in [-0.2, -0.15) is 0 Å². The normalized spacial score (nSPS) is 30.2. The van der Waals surface area contributed by atoms with Crippen LogP contribution in [0.15, 0.2) is 66.2 Å². The molecule has 4 fully saturated rings. The Hall–Kier alpha value is -1.46. The Kier molecular flexibility index (Phi) is 4.91. The van der Waals surface area contributed by atoms with Crippen molar-refractivity contribution in [1.29, 1.82) is 0 Å². The molecule has 154 valence electrons. The zero-order valence-corrected chi connectivity index (χ0v) is 20.7. The van der Waals surface area contributed by atoms with E-state index in [1.54, 1.807) is 30.4 Å². The Morgan fingerprint density at radius 2 is 1.35 bits per heavy atom. The molecule has 4 bridgehead atoms. The molecule has 0 radical (unpaired) electrons. The molecule has 3 aromatic rings. The average Bonchev–Trinajstić information content (AvgIpc) is 3.14. The van der Waals surface area contributed by atoms with Gasteiger partial charge in [-0.3, -0.25) is 0 Å². The molecule has 0 nitrogen and oxygen atoms in total. The summed E-state index contributed by atoms with van der Waals surface area (Å²) in [6.07, 6.45) is 14.3. The van der Waals surface area contributed by atoms with Crippen LogP contribution in [0.5, 0.6) is 0 Å². The molecular weight excluding hydrogens is 452 g/mol. The molecule has 0 amide bonds. The standard InChI is InChI=1S/C30H30.Zr/c1-2-8-26-24(5-1)6-3-9-27(26)28-10-4-7-25-14-23(15-29(25)28)19-30-16-20-11-21(17-30)13-22(12-20)18-30;/h1-10,15,20-22H,11-14,16-19H2;. The molecule has 5 aliphatic carbocycles. The minimum Gasteiger partial charge on any atom is -0.0646 e. The molecule has 0 heterocycles. The van der Waals surface area contributed by atoms with Crippen LogP contribution in [0.3, 0.4) is 0 Å². The van der Waals surface area contributed by atoms with Gasteiger partial charge in [-0.05, 0) is 108 Å². The van der Waals surface area contributed by atoms with E-state index in [0.717, 1.165) is 17.8 Å². The smallest absolute Gasteiger partial charge is 0 e. The van der Waals surface area contributed by atoms with E-state index in [1.165, 1.54) is 59.6 Å². The van der Waals surface area contributed by atoms with Gasteiger partial charge in [-0.1, -0.05) is 72.3 Å². The quantitative estimate of drug-likeness (QED) is 0.355. The van der Waals surface area contributed by atoms with E-state index in [9.17, 15) is 0 Å². The van der Waals surface area contributed by atoms with Crippen molar-refractivity contribution in [2.45, 2.75) is 51.4 Å². The van der Waals surface area contributed by atoms with Crippen LogP contribution < -0.4 is 0 Å². The average molecular weight is 482 g/mol. The first kappa shape index (κ1) is 20.2. The summed E-state index contributed by atoms with van der Waals surface area (Å²) in [5.74, 6) is 3.14. The van der Waals surface area contributed by atoms with Crippen LogP contribution in [0.2, 0.25) is 0 Å². The largest absolute Gasteiger partial charge is 0.0646 e. The zero-order chi connectivity index (χ0) is 19.7. The Morgan fingerprint density at radius 1 is 0.710 bits per heavy atom. The van der Waals surface area contributed by atoms with Crippen molar-refractivity contribution >= 4 is 16.8 Å². The number of allylic oxidation sites excluding steroid dienone is 1. The fourth-order valence-corrected chi connectivity index (χ4v) is 8.23. The summed E-state index contributed by atoms with van der Waals surface area (Å²) >= 11 is 0. The van der Waals surface area contributed by atoms with Crippen molar-refractivity contribution in [1.82, 2.24) is 0 Å². The second-order valence-electron chi connectivity index (χ2n) is 11.0. The molecule has 0 aromatic heterocycles. The molecule has 4 saturated carbocycles. The summed E-state index contributed by atoms with van der Waals surface area (Å²) in [6.45, 7) is 0. The van der Waals surface area contributed by atoms with Crippen LogP contribution in [-0.4, -0.2) is 0 Å². The van der Waals surface area contributed by atoms with Crippen molar-refractivity contribution in [3.63, 3.8) is 0 Å². The van der Waals surface area contributed by atoms with Crippen LogP contribution >= 0.6 is 0 Å². The Labute approximate surface area is 205 Å². The van der Waals surface area contributed by atoms with E-state index in [0.29, 0.717) is 5.41 Å². The minimum atomic E-state index is 0. The molecule has 3 aromatic carbocycles. The van der Waals surface area contributed by atoms with E-state index in [2.05, 4.69) is 66.7 Å². The maximum atomic E-state index is 2.59. The van der Waals surface area contributed by atoms with Gasteiger partial charge in [0, 0.05) is 26.2 Å². The Bertz CT molecular complexity index is 1140. The van der Waals surface area contributed by atoms with Crippen molar-refractivity contribution < 1.29 is 26.2 Å². The Balaban J connectivity index is 0.00000185. The first-order valence-corrected chi connectivity index (χ1v) is 12.0. The van der Waals surface area contributed by atoms with Gasteiger partial charge in [-0.15, -0.1) is 0 Å². The van der Waals surface area contributed by atoms with Gasteiger partial charge in [0.05, 0.1) is 0 Å². The number of rotatable bonds is 3. The van der Waals surface area contributed by atoms with Crippen LogP contribution in [0.25, 0.3) is 28.0 Å². The summed E-state index contributed by atoms with van der Waals surface area (Å²) in [5.41, 5.74) is 8.19. The molecule has 8 rings (SSSR count). The van der Waals surface area contributed by atoms with Gasteiger partial charge >= 0.3 is 0 Å². The zero-order valence-electron chi connectivity index (χ0n) is 18.2. The third-order valence-electron chi connectivity index (χ3n) is 8.81. The SMILES string of the molecule is C1=C(CC23CC4CC(CC(C4)C2)C3)Cc2cccc(-c3cccc4ccccc34)c21.[Zr]. The third kappa shape index (κ3) is 3.34. The van der Waals surface area contributed by atoms with Gasteiger partial charge in [0.15, 0.2) is 0 Å². The van der Waals surface area contributed by atoms with Gasteiger partial charge < -0.3 is 0 Å². The van der Waals surface area contributed by atoms with Crippen molar-refractivity contribution in [3.8, 4) is 11.1 Å². The molecule has 0 atom stereocenters. The topological polar surface area (TPSA) is 0 Å². The van der Waals surface area contributed by atoms with Gasteiger partial charge in [0.2, 0.25) is 0 Å². The first-order chi connectivity index (χ1) is 14.7. The number of hydrogen-bond donors (Lipinski definition) is 0. The van der Waals surface area contributed by atoms with Crippen LogP contribution in [0, 0.1) is 23.2 Å². The summed E-state index contributed by atoms with van der Waals surface area (Å²) in [7, 11) is 0. The fourth-order valence-electron chi connectivity index (χ4n) is 8.23. The second kappa shape index (κ2) is 7.55. The molecule has 0 spiro atoms. The van der Waals surface area contributed by atoms with Crippen molar-refractivity contribution in [2.75, 3.05) is 0 Å². The van der Waals surface area contributed by atoms with E-state index in [4.69, 9.17) is 0 Å². The predicted molar refractivity (Wildman–Crippen MR) is 126 cm³/mol. The summed E-state index contributed by atoms with van der Waals surface area (Å²) in [6, 6.07) is 22.6. The van der Waals surface area contributed by atoms with Gasteiger partial charge in [0.1, 0.15) is 0 Å². The predicted octanol–water partition coefficient (Wildman–Crippen LogP) is 8.05.